The van der Waals surface area contributed by atoms with Crippen LogP contribution in [0.5, 0.6) is 0 Å². The van der Waals surface area contributed by atoms with E-state index in [9.17, 15) is 4.79 Å². The van der Waals surface area contributed by atoms with E-state index in [1.165, 1.54) is 19.3 Å². The Morgan fingerprint density at radius 1 is 1.19 bits per heavy atom. The standard InChI is InChI=1S/C12H25NO3/c1-4-5-6-7-9-16-10-8-13(2,3)11-12(14)15/h4-11H2,1-3H3/p+1. The van der Waals surface area contributed by atoms with Gasteiger partial charge in [0.2, 0.25) is 0 Å². The molecule has 0 aliphatic carbocycles. The van der Waals surface area contributed by atoms with Crippen LogP contribution in [0.4, 0.5) is 0 Å². The van der Waals surface area contributed by atoms with Gasteiger partial charge in [0.1, 0.15) is 6.54 Å². The third-order valence-electron chi connectivity index (χ3n) is 2.55. The maximum Gasteiger partial charge on any atom is 0.359 e. The SMILES string of the molecule is CCCCCCOCC[N+](C)(C)CC(=O)O. The van der Waals surface area contributed by atoms with Gasteiger partial charge < -0.3 is 14.3 Å². The summed E-state index contributed by atoms with van der Waals surface area (Å²) in [7, 11) is 3.82. The van der Waals surface area contributed by atoms with E-state index in [0.29, 0.717) is 11.1 Å². The van der Waals surface area contributed by atoms with Gasteiger partial charge >= 0.3 is 5.97 Å². The minimum atomic E-state index is -0.757. The van der Waals surface area contributed by atoms with E-state index in [0.717, 1.165) is 19.6 Å². The quantitative estimate of drug-likeness (QED) is 0.461. The van der Waals surface area contributed by atoms with Gasteiger partial charge in [-0.1, -0.05) is 26.2 Å². The molecule has 16 heavy (non-hydrogen) atoms. The summed E-state index contributed by atoms with van der Waals surface area (Å²) in [6.07, 6.45) is 4.84. The summed E-state index contributed by atoms with van der Waals surface area (Å²) in [6, 6.07) is 0. The average Bonchev–Trinajstić information content (AvgIpc) is 2.14. The van der Waals surface area contributed by atoms with E-state index in [1.807, 2.05) is 14.1 Å². The molecule has 0 spiro atoms. The van der Waals surface area contributed by atoms with Crippen molar-refractivity contribution in [2.45, 2.75) is 32.6 Å². The number of nitrogens with zero attached hydrogens (tertiary/aromatic N) is 1. The molecular formula is C12H26NO3+. The van der Waals surface area contributed by atoms with Gasteiger partial charge in [-0.25, -0.2) is 4.79 Å². The first-order valence-electron chi connectivity index (χ1n) is 6.09. The van der Waals surface area contributed by atoms with Gasteiger partial charge in [0.25, 0.3) is 0 Å². The molecule has 0 fully saturated rings. The number of carboxylic acid groups (broad SMARTS) is 1. The van der Waals surface area contributed by atoms with Crippen molar-refractivity contribution in [3.63, 3.8) is 0 Å². The number of rotatable bonds is 10. The maximum absolute atomic E-state index is 10.6. The molecular weight excluding hydrogens is 206 g/mol. The monoisotopic (exact) mass is 232 g/mol. The van der Waals surface area contributed by atoms with Crippen LogP contribution in [0.1, 0.15) is 32.6 Å². The van der Waals surface area contributed by atoms with Crippen LogP contribution in [0.3, 0.4) is 0 Å². The number of carbonyl (C=O) groups is 1. The summed E-state index contributed by atoms with van der Waals surface area (Å²) in [5.74, 6) is -0.757. The van der Waals surface area contributed by atoms with Crippen molar-refractivity contribution in [3.8, 4) is 0 Å². The molecule has 96 valence electrons. The van der Waals surface area contributed by atoms with Crippen molar-refractivity contribution >= 4 is 5.97 Å². The van der Waals surface area contributed by atoms with Crippen molar-refractivity contribution in [1.82, 2.24) is 0 Å². The highest BCUT2D eigenvalue weighted by Crippen LogP contribution is 2.00. The second kappa shape index (κ2) is 8.53. The molecule has 0 saturated carbocycles. The Labute approximate surface area is 98.8 Å². The van der Waals surface area contributed by atoms with E-state index in [4.69, 9.17) is 9.84 Å². The van der Waals surface area contributed by atoms with Crippen molar-refractivity contribution in [2.24, 2.45) is 0 Å². The second-order valence-corrected chi connectivity index (χ2v) is 4.88. The Balaban J connectivity index is 3.39. The van der Waals surface area contributed by atoms with E-state index in [-0.39, 0.29) is 6.54 Å². The zero-order chi connectivity index (χ0) is 12.4. The van der Waals surface area contributed by atoms with Crippen molar-refractivity contribution in [2.75, 3.05) is 40.4 Å². The highest BCUT2D eigenvalue weighted by atomic mass is 16.5. The van der Waals surface area contributed by atoms with Gasteiger partial charge in [0, 0.05) is 6.61 Å². The fourth-order valence-electron chi connectivity index (χ4n) is 1.49. The number of ether oxygens (including phenoxy) is 1. The Morgan fingerprint density at radius 2 is 1.88 bits per heavy atom. The van der Waals surface area contributed by atoms with Crippen LogP contribution in [-0.4, -0.2) is 56.0 Å². The summed E-state index contributed by atoms with van der Waals surface area (Å²) < 4.78 is 5.97. The molecule has 0 aliphatic rings. The number of aliphatic carboxylic acids is 1. The van der Waals surface area contributed by atoms with Crippen LogP contribution >= 0.6 is 0 Å². The molecule has 0 atom stereocenters. The number of carboxylic acids is 1. The van der Waals surface area contributed by atoms with Gasteiger partial charge in [0.15, 0.2) is 6.54 Å². The zero-order valence-corrected chi connectivity index (χ0v) is 10.9. The normalized spacial score (nSPS) is 11.7. The highest BCUT2D eigenvalue weighted by molar-refractivity contribution is 5.67. The smallest absolute Gasteiger partial charge is 0.359 e. The second-order valence-electron chi connectivity index (χ2n) is 4.88. The molecule has 4 heteroatoms. The maximum atomic E-state index is 10.6. The number of hydrogen-bond acceptors (Lipinski definition) is 2. The van der Waals surface area contributed by atoms with Gasteiger partial charge in [-0.2, -0.15) is 0 Å². The first kappa shape index (κ1) is 15.4. The van der Waals surface area contributed by atoms with Crippen LogP contribution < -0.4 is 0 Å². The van der Waals surface area contributed by atoms with E-state index in [2.05, 4.69) is 6.92 Å². The van der Waals surface area contributed by atoms with E-state index in [1.54, 1.807) is 0 Å². The lowest BCUT2D eigenvalue weighted by molar-refractivity contribution is -0.883. The van der Waals surface area contributed by atoms with Crippen LogP contribution in [0.25, 0.3) is 0 Å². The lowest BCUT2D eigenvalue weighted by atomic mass is 10.2. The summed E-state index contributed by atoms with van der Waals surface area (Å²) >= 11 is 0. The number of likely N-dealkylation sites (N-methyl/N-ethyl adjacent to an activating group) is 1. The topological polar surface area (TPSA) is 46.5 Å². The van der Waals surface area contributed by atoms with Gasteiger partial charge in [0.05, 0.1) is 20.7 Å². The molecule has 0 heterocycles. The Hall–Kier alpha value is -0.610. The molecule has 4 nitrogen and oxygen atoms in total. The number of quaternary nitrogens is 1. The Morgan fingerprint density at radius 3 is 2.44 bits per heavy atom. The molecule has 0 aromatic heterocycles. The Kier molecular flexibility index (Phi) is 8.21. The van der Waals surface area contributed by atoms with Crippen LogP contribution in [0, 0.1) is 0 Å². The average molecular weight is 232 g/mol. The van der Waals surface area contributed by atoms with Crippen LogP contribution in [0.2, 0.25) is 0 Å². The van der Waals surface area contributed by atoms with Crippen molar-refractivity contribution in [3.05, 3.63) is 0 Å². The van der Waals surface area contributed by atoms with Gasteiger partial charge in [-0.15, -0.1) is 0 Å². The molecule has 0 aromatic carbocycles. The summed E-state index contributed by atoms with van der Waals surface area (Å²) in [5, 5.41) is 8.69. The molecule has 0 amide bonds. The molecule has 0 aliphatic heterocycles. The molecule has 0 saturated heterocycles. The van der Waals surface area contributed by atoms with Gasteiger partial charge in [-0.05, 0) is 6.42 Å². The van der Waals surface area contributed by atoms with Gasteiger partial charge in [-0.3, -0.25) is 0 Å². The molecule has 1 N–H and O–H groups in total. The zero-order valence-electron chi connectivity index (χ0n) is 10.9. The summed E-state index contributed by atoms with van der Waals surface area (Å²) in [6.45, 7) is 4.53. The lowest BCUT2D eigenvalue weighted by Crippen LogP contribution is -2.46. The first-order valence-corrected chi connectivity index (χ1v) is 6.09. The highest BCUT2D eigenvalue weighted by Gasteiger charge is 2.18. The third-order valence-corrected chi connectivity index (χ3v) is 2.55. The summed E-state index contributed by atoms with van der Waals surface area (Å²) in [5.41, 5.74) is 0. The molecule has 0 aromatic rings. The lowest BCUT2D eigenvalue weighted by Gasteiger charge is -2.27. The van der Waals surface area contributed by atoms with E-state index < -0.39 is 5.97 Å². The molecule has 0 radical (unpaired) electrons. The minimum absolute atomic E-state index is 0.152. The molecule has 0 unspecified atom stereocenters. The largest absolute Gasteiger partial charge is 0.477 e. The summed E-state index contributed by atoms with van der Waals surface area (Å²) in [4.78, 5) is 10.6. The Bertz CT molecular complexity index is 193. The minimum Gasteiger partial charge on any atom is -0.477 e. The number of unbranched alkanes of at least 4 members (excludes halogenated alkanes) is 3. The van der Waals surface area contributed by atoms with Crippen LogP contribution in [-0.2, 0) is 9.53 Å². The predicted molar refractivity (Wildman–Crippen MR) is 64.4 cm³/mol. The fraction of sp³-hybridized carbons (Fsp3) is 0.917. The van der Waals surface area contributed by atoms with Crippen molar-refractivity contribution < 1.29 is 19.1 Å². The third kappa shape index (κ3) is 9.93. The number of hydrogen-bond donors (Lipinski definition) is 1. The molecule has 0 bridgehead atoms. The van der Waals surface area contributed by atoms with Crippen molar-refractivity contribution in [1.29, 1.82) is 0 Å². The first-order chi connectivity index (χ1) is 7.48. The molecule has 0 rings (SSSR count). The van der Waals surface area contributed by atoms with Crippen LogP contribution in [0.15, 0.2) is 0 Å². The fourth-order valence-corrected chi connectivity index (χ4v) is 1.49. The van der Waals surface area contributed by atoms with E-state index >= 15 is 0 Å². The predicted octanol–water partition coefficient (Wildman–Crippen LogP) is 1.74.